The number of carbonyl (C=O) groups excluding carboxylic acids is 2. The molecule has 1 aliphatic carbocycles. The Morgan fingerprint density at radius 3 is 2.62 bits per heavy atom. The van der Waals surface area contributed by atoms with Crippen molar-refractivity contribution in [1.82, 2.24) is 25.4 Å². The molecule has 2 aliphatic rings. The van der Waals surface area contributed by atoms with Crippen molar-refractivity contribution in [2.75, 3.05) is 20.1 Å². The molecule has 2 fully saturated rings. The first-order chi connectivity index (χ1) is 11.6. The molecule has 1 aromatic rings. The molecule has 24 heavy (non-hydrogen) atoms. The Bertz CT molecular complexity index is 592. The van der Waals surface area contributed by atoms with Crippen LogP contribution in [0.5, 0.6) is 0 Å². The summed E-state index contributed by atoms with van der Waals surface area (Å²) in [6, 6.07) is 0. The molecule has 3 rings (SSSR count). The Kier molecular flexibility index (Phi) is 5.16. The number of piperidine rings is 1. The predicted molar refractivity (Wildman–Crippen MR) is 89.4 cm³/mol. The molecular weight excluding hydrogens is 306 g/mol. The Labute approximate surface area is 142 Å². The van der Waals surface area contributed by atoms with E-state index < -0.39 is 0 Å². The van der Waals surface area contributed by atoms with Gasteiger partial charge in [0.25, 0.3) is 5.91 Å². The molecule has 2 unspecified atom stereocenters. The van der Waals surface area contributed by atoms with Gasteiger partial charge in [0.1, 0.15) is 5.82 Å². The zero-order chi connectivity index (χ0) is 17.1. The third-order valence-corrected chi connectivity index (χ3v) is 5.43. The fraction of sp³-hybridized carbons (Fsp3) is 0.765. The maximum atomic E-state index is 12.5. The molecule has 2 heterocycles. The highest BCUT2D eigenvalue weighted by atomic mass is 16.2. The van der Waals surface area contributed by atoms with Crippen molar-refractivity contribution in [3.63, 3.8) is 0 Å². The van der Waals surface area contributed by atoms with Gasteiger partial charge >= 0.3 is 0 Å². The van der Waals surface area contributed by atoms with E-state index in [-0.39, 0.29) is 17.6 Å². The summed E-state index contributed by atoms with van der Waals surface area (Å²) in [6.07, 6.45) is 6.11. The van der Waals surface area contributed by atoms with Crippen LogP contribution in [-0.2, 0) is 4.79 Å². The molecule has 2 amide bonds. The Balaban J connectivity index is 1.49. The zero-order valence-corrected chi connectivity index (χ0v) is 14.5. The van der Waals surface area contributed by atoms with Gasteiger partial charge in [-0.15, -0.1) is 5.10 Å². The van der Waals surface area contributed by atoms with Gasteiger partial charge in [-0.1, -0.05) is 13.3 Å². The van der Waals surface area contributed by atoms with Gasteiger partial charge in [0.2, 0.25) is 11.7 Å². The molecule has 1 aromatic heterocycles. The molecule has 0 spiro atoms. The maximum Gasteiger partial charge on any atom is 0.290 e. The van der Waals surface area contributed by atoms with Gasteiger partial charge in [-0.25, -0.2) is 4.98 Å². The number of aromatic amines is 1. The van der Waals surface area contributed by atoms with E-state index in [9.17, 15) is 9.59 Å². The highest BCUT2D eigenvalue weighted by Gasteiger charge is 2.29. The number of nitrogens with one attached hydrogen (secondary N) is 2. The van der Waals surface area contributed by atoms with E-state index in [2.05, 4.69) is 27.4 Å². The van der Waals surface area contributed by atoms with Crippen LogP contribution in [0.3, 0.4) is 0 Å². The van der Waals surface area contributed by atoms with Crippen molar-refractivity contribution >= 4 is 11.8 Å². The van der Waals surface area contributed by atoms with Crippen LogP contribution in [0, 0.1) is 11.8 Å². The number of rotatable bonds is 4. The lowest BCUT2D eigenvalue weighted by molar-refractivity contribution is -0.133. The maximum absolute atomic E-state index is 12.5. The summed E-state index contributed by atoms with van der Waals surface area (Å²) in [7, 11) is 1.56. The van der Waals surface area contributed by atoms with Crippen molar-refractivity contribution in [3.05, 3.63) is 11.6 Å². The van der Waals surface area contributed by atoms with Crippen molar-refractivity contribution in [2.45, 2.75) is 51.4 Å². The normalized spacial score (nSPS) is 25.0. The SMILES string of the molecule is CNC(=O)c1n[nH]c(C2CCN(C(=O)CC3CCC(C)C3)CC2)n1. The van der Waals surface area contributed by atoms with Crippen molar-refractivity contribution in [3.8, 4) is 0 Å². The third-order valence-electron chi connectivity index (χ3n) is 5.43. The molecule has 0 radical (unpaired) electrons. The Morgan fingerprint density at radius 1 is 1.25 bits per heavy atom. The molecular formula is C17H27N5O2. The number of carbonyl (C=O) groups is 2. The number of amides is 2. The lowest BCUT2D eigenvalue weighted by Gasteiger charge is -2.31. The van der Waals surface area contributed by atoms with Gasteiger partial charge in [-0.3, -0.25) is 14.7 Å². The number of hydrogen-bond donors (Lipinski definition) is 2. The average molecular weight is 333 g/mol. The molecule has 2 N–H and O–H groups in total. The van der Waals surface area contributed by atoms with Gasteiger partial charge in [0.15, 0.2) is 0 Å². The van der Waals surface area contributed by atoms with Crippen molar-refractivity contribution < 1.29 is 9.59 Å². The summed E-state index contributed by atoms with van der Waals surface area (Å²) in [5, 5.41) is 9.36. The minimum absolute atomic E-state index is 0.182. The van der Waals surface area contributed by atoms with Crippen LogP contribution in [0.2, 0.25) is 0 Å². The summed E-state index contributed by atoms with van der Waals surface area (Å²) >= 11 is 0. The molecule has 7 heteroatoms. The van der Waals surface area contributed by atoms with Crippen molar-refractivity contribution in [2.24, 2.45) is 11.8 Å². The lowest BCUT2D eigenvalue weighted by atomic mass is 9.95. The fourth-order valence-corrected chi connectivity index (χ4v) is 3.96. The average Bonchev–Trinajstić information content (AvgIpc) is 3.23. The van der Waals surface area contributed by atoms with Crippen molar-refractivity contribution in [1.29, 1.82) is 0 Å². The largest absolute Gasteiger partial charge is 0.352 e. The number of likely N-dealkylation sites (tertiary alicyclic amines) is 1. The van der Waals surface area contributed by atoms with E-state index in [4.69, 9.17) is 0 Å². The van der Waals surface area contributed by atoms with E-state index in [1.54, 1.807) is 7.05 Å². The molecule has 7 nitrogen and oxygen atoms in total. The first-order valence-electron chi connectivity index (χ1n) is 8.99. The van der Waals surface area contributed by atoms with E-state index in [0.29, 0.717) is 18.2 Å². The van der Waals surface area contributed by atoms with Gasteiger partial charge in [0, 0.05) is 32.5 Å². The van der Waals surface area contributed by atoms with Crippen LogP contribution < -0.4 is 5.32 Å². The van der Waals surface area contributed by atoms with Gasteiger partial charge in [-0.05, 0) is 37.5 Å². The summed E-state index contributed by atoms with van der Waals surface area (Å²) in [6.45, 7) is 3.81. The van der Waals surface area contributed by atoms with E-state index in [1.807, 2.05) is 4.90 Å². The first kappa shape index (κ1) is 16.9. The highest BCUT2D eigenvalue weighted by Crippen LogP contribution is 2.33. The molecule has 0 aromatic carbocycles. The Hall–Kier alpha value is -1.92. The first-order valence-corrected chi connectivity index (χ1v) is 8.99. The number of hydrogen-bond acceptors (Lipinski definition) is 4. The minimum atomic E-state index is -0.282. The number of nitrogens with zero attached hydrogens (tertiary/aromatic N) is 3. The quantitative estimate of drug-likeness (QED) is 0.877. The van der Waals surface area contributed by atoms with Crippen LogP contribution in [0.4, 0.5) is 0 Å². The van der Waals surface area contributed by atoms with Gasteiger partial charge in [0.05, 0.1) is 0 Å². The summed E-state index contributed by atoms with van der Waals surface area (Å²) in [5.74, 6) is 2.55. The number of aromatic nitrogens is 3. The zero-order valence-electron chi connectivity index (χ0n) is 14.5. The van der Waals surface area contributed by atoms with E-state index in [0.717, 1.165) is 37.7 Å². The van der Waals surface area contributed by atoms with Gasteiger partial charge in [-0.2, -0.15) is 0 Å². The molecule has 132 valence electrons. The highest BCUT2D eigenvalue weighted by molar-refractivity contribution is 5.90. The standard InChI is InChI=1S/C17H27N5O2/c1-11-3-4-12(9-11)10-14(23)22-7-5-13(6-8-22)15-19-16(21-20-15)17(24)18-2/h11-13H,3-10H2,1-2H3,(H,18,24)(H,19,20,21). The lowest BCUT2D eigenvalue weighted by Crippen LogP contribution is -2.38. The second-order valence-corrected chi connectivity index (χ2v) is 7.27. The smallest absolute Gasteiger partial charge is 0.290 e. The van der Waals surface area contributed by atoms with Gasteiger partial charge < -0.3 is 10.2 Å². The fourth-order valence-electron chi connectivity index (χ4n) is 3.96. The second kappa shape index (κ2) is 7.32. The molecule has 1 aliphatic heterocycles. The molecule has 0 bridgehead atoms. The molecule has 1 saturated carbocycles. The Morgan fingerprint density at radius 2 is 2.00 bits per heavy atom. The monoisotopic (exact) mass is 333 g/mol. The molecule has 2 atom stereocenters. The predicted octanol–water partition coefficient (Wildman–Crippen LogP) is 1.70. The van der Waals surface area contributed by atoms with E-state index in [1.165, 1.54) is 19.3 Å². The van der Waals surface area contributed by atoms with Crippen LogP contribution in [0.15, 0.2) is 0 Å². The minimum Gasteiger partial charge on any atom is -0.352 e. The van der Waals surface area contributed by atoms with E-state index >= 15 is 0 Å². The summed E-state index contributed by atoms with van der Waals surface area (Å²) in [4.78, 5) is 30.3. The summed E-state index contributed by atoms with van der Waals surface area (Å²) in [5.41, 5.74) is 0. The van der Waals surface area contributed by atoms with Crippen LogP contribution >= 0.6 is 0 Å². The third kappa shape index (κ3) is 3.76. The van der Waals surface area contributed by atoms with Crippen LogP contribution in [0.25, 0.3) is 0 Å². The van der Waals surface area contributed by atoms with Crippen LogP contribution in [-0.4, -0.2) is 52.0 Å². The second-order valence-electron chi connectivity index (χ2n) is 7.27. The summed E-state index contributed by atoms with van der Waals surface area (Å²) < 4.78 is 0. The van der Waals surface area contributed by atoms with Crippen LogP contribution in [0.1, 0.15) is 67.8 Å². The molecule has 1 saturated heterocycles. The topological polar surface area (TPSA) is 91.0 Å². The number of H-pyrrole nitrogens is 1.